The third kappa shape index (κ3) is 4.67. The highest BCUT2D eigenvalue weighted by Gasteiger charge is 2.40. The third-order valence-electron chi connectivity index (χ3n) is 4.62. The summed E-state index contributed by atoms with van der Waals surface area (Å²) in [6, 6.07) is 18.6. The molecule has 4 aromatic rings. The second-order valence-corrected chi connectivity index (χ2v) is 6.87. The van der Waals surface area contributed by atoms with Gasteiger partial charge in [-0.2, -0.15) is 13.2 Å². The van der Waals surface area contributed by atoms with Gasteiger partial charge in [0.05, 0.1) is 11.4 Å². The average molecular weight is 455 g/mol. The van der Waals surface area contributed by atoms with E-state index in [0.29, 0.717) is 11.1 Å². The van der Waals surface area contributed by atoms with E-state index in [2.05, 4.69) is 0 Å². The summed E-state index contributed by atoms with van der Waals surface area (Å²) >= 11 is 0. The molecule has 3 aromatic carbocycles. The molecule has 0 radical (unpaired) electrons. The summed E-state index contributed by atoms with van der Waals surface area (Å²) < 4.78 is 56.9. The quantitative estimate of drug-likeness (QED) is 0.428. The number of halogens is 3. The number of para-hydroxylation sites is 1. The van der Waals surface area contributed by atoms with Crippen LogP contribution in [0.25, 0.3) is 22.1 Å². The summed E-state index contributed by atoms with van der Waals surface area (Å²) in [4.78, 5) is 23.5. The summed E-state index contributed by atoms with van der Waals surface area (Å²) in [6.45, 7) is -0.820. The Labute approximate surface area is 184 Å². The Morgan fingerprint density at radius 1 is 0.970 bits per heavy atom. The molecule has 0 N–H and O–H groups in total. The van der Waals surface area contributed by atoms with Gasteiger partial charge < -0.3 is 23.8 Å². The highest BCUT2D eigenvalue weighted by molar-refractivity contribution is 5.80. The van der Waals surface area contributed by atoms with E-state index in [1.807, 2.05) is 0 Å². The van der Waals surface area contributed by atoms with Crippen LogP contribution in [0.3, 0.4) is 0 Å². The second kappa shape index (κ2) is 8.70. The molecule has 0 saturated heterocycles. The molecule has 0 bridgehead atoms. The fourth-order valence-electron chi connectivity index (χ4n) is 3.19. The van der Waals surface area contributed by atoms with Gasteiger partial charge in [0, 0.05) is 11.6 Å². The van der Waals surface area contributed by atoms with Crippen LogP contribution in [-0.4, -0.2) is 12.6 Å². The minimum atomic E-state index is -5.05. The van der Waals surface area contributed by atoms with Crippen LogP contribution in [0.5, 0.6) is 17.2 Å². The van der Waals surface area contributed by atoms with Crippen molar-refractivity contribution in [2.75, 3.05) is 6.61 Å². The number of ether oxygens (including phenoxy) is 2. The molecule has 0 aliphatic carbocycles. The van der Waals surface area contributed by atoms with Crippen molar-refractivity contribution in [1.82, 2.24) is 0 Å². The summed E-state index contributed by atoms with van der Waals surface area (Å²) in [7, 11) is 0. The molecule has 0 amide bonds. The van der Waals surface area contributed by atoms with E-state index in [1.54, 1.807) is 48.5 Å². The number of carboxylic acid groups (broad SMARTS) is 1. The minimum absolute atomic E-state index is 0.0368. The maximum Gasteiger partial charge on any atom is 0.453 e. The van der Waals surface area contributed by atoms with Gasteiger partial charge in [-0.15, -0.1) is 0 Å². The number of hydrogen-bond donors (Lipinski definition) is 0. The van der Waals surface area contributed by atoms with E-state index in [4.69, 9.17) is 13.9 Å². The first-order valence-electron chi connectivity index (χ1n) is 9.57. The Balaban J connectivity index is 1.85. The minimum Gasteiger partial charge on any atom is -0.546 e. The number of rotatable bonds is 6. The van der Waals surface area contributed by atoms with Gasteiger partial charge in [0.15, 0.2) is 0 Å². The molecule has 6 nitrogen and oxygen atoms in total. The lowest BCUT2D eigenvalue weighted by atomic mass is 10.0. The van der Waals surface area contributed by atoms with E-state index in [-0.39, 0.29) is 16.9 Å². The fraction of sp³-hybridized carbons (Fsp3) is 0.0833. The summed E-state index contributed by atoms with van der Waals surface area (Å²) in [5.74, 6) is -4.23. The lowest BCUT2D eigenvalue weighted by Crippen LogP contribution is -2.28. The monoisotopic (exact) mass is 455 g/mol. The van der Waals surface area contributed by atoms with Gasteiger partial charge in [0.25, 0.3) is 5.76 Å². The number of carbonyl (C=O) groups is 1. The zero-order chi connectivity index (χ0) is 23.6. The predicted octanol–water partition coefficient (Wildman–Crippen LogP) is 4.40. The first kappa shape index (κ1) is 21.9. The lowest BCUT2D eigenvalue weighted by molar-refractivity contribution is -0.307. The van der Waals surface area contributed by atoms with Crippen molar-refractivity contribution >= 4 is 16.9 Å². The van der Waals surface area contributed by atoms with Crippen molar-refractivity contribution in [2.24, 2.45) is 0 Å². The zero-order valence-electron chi connectivity index (χ0n) is 16.7. The van der Waals surface area contributed by atoms with Crippen LogP contribution in [-0.2, 0) is 11.0 Å². The topological polar surface area (TPSA) is 88.8 Å². The highest BCUT2D eigenvalue weighted by atomic mass is 19.4. The first-order chi connectivity index (χ1) is 15.7. The van der Waals surface area contributed by atoms with Gasteiger partial charge >= 0.3 is 6.18 Å². The normalized spacial score (nSPS) is 11.4. The van der Waals surface area contributed by atoms with Crippen LogP contribution in [0, 0.1) is 0 Å². The molecule has 0 saturated carbocycles. The Kier molecular flexibility index (Phi) is 5.78. The van der Waals surface area contributed by atoms with Crippen LogP contribution in [0.4, 0.5) is 13.2 Å². The maximum atomic E-state index is 13.8. The van der Waals surface area contributed by atoms with Gasteiger partial charge in [-0.05, 0) is 23.8 Å². The second-order valence-electron chi connectivity index (χ2n) is 6.87. The highest BCUT2D eigenvalue weighted by Crippen LogP contribution is 2.40. The summed E-state index contributed by atoms with van der Waals surface area (Å²) in [6.07, 6.45) is -5.05. The van der Waals surface area contributed by atoms with Gasteiger partial charge in [-0.3, -0.25) is 4.79 Å². The summed E-state index contributed by atoms with van der Waals surface area (Å²) in [5.41, 5.74) is -0.317. The van der Waals surface area contributed by atoms with Crippen molar-refractivity contribution in [2.45, 2.75) is 6.18 Å². The van der Waals surface area contributed by atoms with Crippen molar-refractivity contribution in [3.8, 4) is 28.4 Å². The van der Waals surface area contributed by atoms with E-state index < -0.39 is 41.3 Å². The molecule has 9 heteroatoms. The van der Waals surface area contributed by atoms with Crippen molar-refractivity contribution in [3.05, 3.63) is 88.8 Å². The maximum absolute atomic E-state index is 13.8. The van der Waals surface area contributed by atoms with Gasteiger partial charge in [-0.25, -0.2) is 0 Å². The Bertz CT molecular complexity index is 1380. The molecular weight excluding hydrogens is 441 g/mol. The van der Waals surface area contributed by atoms with Crippen LogP contribution in [0.15, 0.2) is 82.0 Å². The standard InChI is InChI=1S/C24H15F3O6/c25-24(26,27)23-22(32-18-9-5-4-8-16(18)14-6-2-1-3-7-14)21(30)17-11-10-15(12-19(17)33-23)31-13-20(28)29/h1-12H,13H2,(H,28,29)/p-1. The lowest BCUT2D eigenvalue weighted by Gasteiger charge is -2.16. The van der Waals surface area contributed by atoms with E-state index >= 15 is 0 Å². The number of carbonyl (C=O) groups excluding carboxylic acids is 1. The molecule has 0 spiro atoms. The van der Waals surface area contributed by atoms with Crippen LogP contribution < -0.4 is 20.0 Å². The number of fused-ring (bicyclic) bond motifs is 1. The number of aliphatic carboxylic acids is 1. The molecule has 0 aliphatic heterocycles. The van der Waals surface area contributed by atoms with Crippen molar-refractivity contribution in [1.29, 1.82) is 0 Å². The van der Waals surface area contributed by atoms with Crippen LogP contribution >= 0.6 is 0 Å². The number of benzene rings is 3. The molecule has 0 aliphatic rings. The first-order valence-corrected chi connectivity index (χ1v) is 9.57. The molecule has 1 aromatic heterocycles. The molecule has 1 heterocycles. The van der Waals surface area contributed by atoms with E-state index in [9.17, 15) is 27.9 Å². The third-order valence-corrected chi connectivity index (χ3v) is 4.62. The Morgan fingerprint density at radius 2 is 1.67 bits per heavy atom. The molecule has 0 fully saturated rings. The molecule has 4 rings (SSSR count). The fourth-order valence-corrected chi connectivity index (χ4v) is 3.19. The zero-order valence-corrected chi connectivity index (χ0v) is 16.7. The Hall–Kier alpha value is -4.27. The molecule has 0 unspecified atom stereocenters. The number of alkyl halides is 3. The van der Waals surface area contributed by atoms with E-state index in [0.717, 1.165) is 6.07 Å². The molecular formula is C24H14F3O6-. The van der Waals surface area contributed by atoms with Gasteiger partial charge in [0.2, 0.25) is 11.2 Å². The largest absolute Gasteiger partial charge is 0.546 e. The van der Waals surface area contributed by atoms with Crippen molar-refractivity contribution in [3.63, 3.8) is 0 Å². The average Bonchev–Trinajstić information content (AvgIpc) is 2.79. The van der Waals surface area contributed by atoms with Gasteiger partial charge in [-0.1, -0.05) is 48.5 Å². The SMILES string of the molecule is O=C([O-])COc1ccc2c(=O)c(Oc3ccccc3-c3ccccc3)c(C(F)(F)F)oc2c1. The number of hydrogen-bond acceptors (Lipinski definition) is 6. The van der Waals surface area contributed by atoms with Crippen LogP contribution in [0.1, 0.15) is 5.76 Å². The summed E-state index contributed by atoms with van der Waals surface area (Å²) in [5, 5.41) is 10.4. The number of carboxylic acids is 1. The molecule has 168 valence electrons. The van der Waals surface area contributed by atoms with Gasteiger partial charge in [0.1, 0.15) is 23.7 Å². The Morgan fingerprint density at radius 3 is 2.36 bits per heavy atom. The van der Waals surface area contributed by atoms with Crippen LogP contribution in [0.2, 0.25) is 0 Å². The predicted molar refractivity (Wildman–Crippen MR) is 110 cm³/mol. The smallest absolute Gasteiger partial charge is 0.453 e. The molecule has 33 heavy (non-hydrogen) atoms. The van der Waals surface area contributed by atoms with Crippen molar-refractivity contribution < 1.29 is 37.0 Å². The van der Waals surface area contributed by atoms with E-state index in [1.165, 1.54) is 18.2 Å². The molecule has 0 atom stereocenters.